The minimum absolute atomic E-state index is 0.00440. The number of rotatable bonds is 6. The Balaban J connectivity index is 3.06. The van der Waals surface area contributed by atoms with Gasteiger partial charge < -0.3 is 13.8 Å². The maximum absolute atomic E-state index is 13.0. The molecule has 0 aromatic heterocycles. The predicted molar refractivity (Wildman–Crippen MR) is 64.0 cm³/mol. The summed E-state index contributed by atoms with van der Waals surface area (Å²) in [5.41, 5.74) is -0.977. The van der Waals surface area contributed by atoms with Gasteiger partial charge in [-0.05, 0) is 26.7 Å². The van der Waals surface area contributed by atoms with Gasteiger partial charge >= 0.3 is 13.8 Å². The van der Waals surface area contributed by atoms with Crippen molar-refractivity contribution >= 4 is 7.60 Å². The average molecular weight is 302 g/mol. The molecular weight excluding hydrogens is 284 g/mol. The van der Waals surface area contributed by atoms with Crippen LogP contribution in [0.15, 0.2) is 11.4 Å². The molecular formula is C11H18F3O4P. The molecule has 1 aliphatic rings. The van der Waals surface area contributed by atoms with Crippen LogP contribution in [0, 0.1) is 0 Å². The van der Waals surface area contributed by atoms with E-state index in [1.54, 1.807) is 13.8 Å². The molecule has 0 aromatic rings. The van der Waals surface area contributed by atoms with Crippen molar-refractivity contribution in [2.75, 3.05) is 19.8 Å². The zero-order chi connectivity index (χ0) is 14.5. The second-order valence-electron chi connectivity index (χ2n) is 3.96. The van der Waals surface area contributed by atoms with Crippen LogP contribution >= 0.6 is 7.60 Å². The van der Waals surface area contributed by atoms with Crippen molar-refractivity contribution in [3.05, 3.63) is 11.4 Å². The molecule has 0 aliphatic carbocycles. The first-order valence-corrected chi connectivity index (χ1v) is 7.74. The molecule has 4 nitrogen and oxygen atoms in total. The highest BCUT2D eigenvalue weighted by Gasteiger charge is 2.43. The summed E-state index contributed by atoms with van der Waals surface area (Å²) in [6.45, 7) is 3.36. The fraction of sp³-hybridized carbons (Fsp3) is 0.818. The van der Waals surface area contributed by atoms with Gasteiger partial charge in [0, 0.05) is 12.4 Å². The number of hydrogen-bond donors (Lipinski definition) is 0. The van der Waals surface area contributed by atoms with E-state index in [0.29, 0.717) is 12.2 Å². The molecule has 0 saturated carbocycles. The lowest BCUT2D eigenvalue weighted by molar-refractivity contribution is -0.106. The first-order chi connectivity index (χ1) is 8.82. The van der Waals surface area contributed by atoms with Crippen LogP contribution in [-0.4, -0.2) is 32.1 Å². The third-order valence-electron chi connectivity index (χ3n) is 2.52. The predicted octanol–water partition coefficient (Wildman–Crippen LogP) is 3.88. The number of halogens is 3. The molecule has 8 heteroatoms. The second kappa shape index (κ2) is 6.88. The van der Waals surface area contributed by atoms with Crippen molar-refractivity contribution in [1.82, 2.24) is 0 Å². The lowest BCUT2D eigenvalue weighted by atomic mass is 10.1. The van der Waals surface area contributed by atoms with Crippen molar-refractivity contribution < 1.29 is 31.5 Å². The van der Waals surface area contributed by atoms with Crippen molar-refractivity contribution in [3.8, 4) is 0 Å². The Morgan fingerprint density at radius 3 is 2.32 bits per heavy atom. The third-order valence-corrected chi connectivity index (χ3v) is 4.35. The lowest BCUT2D eigenvalue weighted by Gasteiger charge is -2.20. The van der Waals surface area contributed by atoms with Crippen LogP contribution in [0.4, 0.5) is 13.2 Å². The second-order valence-corrected chi connectivity index (χ2v) is 5.81. The summed E-state index contributed by atoms with van der Waals surface area (Å²) in [7, 11) is -3.89. The van der Waals surface area contributed by atoms with Gasteiger partial charge in [-0.3, -0.25) is 4.57 Å². The van der Waals surface area contributed by atoms with Crippen molar-refractivity contribution in [2.45, 2.75) is 39.0 Å². The highest BCUT2D eigenvalue weighted by atomic mass is 31.2. The number of alkyl halides is 3. The molecule has 1 rings (SSSR count). The summed E-state index contributed by atoms with van der Waals surface area (Å²) in [6, 6.07) is 0. The monoisotopic (exact) mass is 302 g/mol. The summed E-state index contributed by atoms with van der Waals surface area (Å²) in [5.74, 6) is 0.565. The van der Waals surface area contributed by atoms with Gasteiger partial charge in [0.1, 0.15) is 0 Å². The average Bonchev–Trinajstić information content (AvgIpc) is 2.78. The van der Waals surface area contributed by atoms with E-state index in [2.05, 4.69) is 0 Å². The molecule has 1 fully saturated rings. The Kier molecular flexibility index (Phi) is 6.05. The number of ether oxygens (including phenoxy) is 1. The zero-order valence-electron chi connectivity index (χ0n) is 10.9. The van der Waals surface area contributed by atoms with E-state index in [-0.39, 0.29) is 26.2 Å². The molecule has 1 unspecified atom stereocenters. The molecule has 112 valence electrons. The van der Waals surface area contributed by atoms with Crippen LogP contribution in [0.5, 0.6) is 0 Å². The highest BCUT2D eigenvalue weighted by molar-refractivity contribution is 7.57. The van der Waals surface area contributed by atoms with Crippen LogP contribution in [0.25, 0.3) is 0 Å². The van der Waals surface area contributed by atoms with E-state index < -0.39 is 25.4 Å². The standard InChI is InChI=1S/C11H18F3O4P/c1-3-17-19(15,18-4-2)8-9(11(12,13)14)10-6-5-7-16-10/h8,10H,3-7H2,1-2H3/b9-8+. The normalized spacial score (nSPS) is 21.9. The molecule has 1 atom stereocenters. The first kappa shape index (κ1) is 16.7. The topological polar surface area (TPSA) is 44.8 Å². The Morgan fingerprint density at radius 2 is 1.95 bits per heavy atom. The number of hydrogen-bond acceptors (Lipinski definition) is 4. The molecule has 0 aromatic carbocycles. The van der Waals surface area contributed by atoms with E-state index in [9.17, 15) is 17.7 Å². The van der Waals surface area contributed by atoms with Gasteiger partial charge in [-0.2, -0.15) is 13.2 Å². The minimum Gasteiger partial charge on any atom is -0.374 e. The Bertz CT molecular complexity index is 351. The summed E-state index contributed by atoms with van der Waals surface area (Å²) in [6.07, 6.45) is -4.90. The van der Waals surface area contributed by atoms with Gasteiger partial charge in [-0.1, -0.05) is 0 Å². The van der Waals surface area contributed by atoms with Gasteiger partial charge in [0.05, 0.1) is 24.9 Å². The summed E-state index contributed by atoms with van der Waals surface area (Å²) in [4.78, 5) is 0. The smallest absolute Gasteiger partial charge is 0.374 e. The molecule has 0 N–H and O–H groups in total. The van der Waals surface area contributed by atoms with E-state index >= 15 is 0 Å². The van der Waals surface area contributed by atoms with Gasteiger partial charge in [-0.15, -0.1) is 0 Å². The largest absolute Gasteiger partial charge is 0.415 e. The van der Waals surface area contributed by atoms with Gasteiger partial charge in [0.15, 0.2) is 0 Å². The minimum atomic E-state index is -4.61. The van der Waals surface area contributed by atoms with Gasteiger partial charge in [-0.25, -0.2) is 0 Å². The van der Waals surface area contributed by atoms with Crippen LogP contribution in [0.2, 0.25) is 0 Å². The summed E-state index contributed by atoms with van der Waals surface area (Å²) in [5, 5.41) is 0. The quantitative estimate of drug-likeness (QED) is 0.699. The molecule has 1 heterocycles. The van der Waals surface area contributed by atoms with E-state index in [4.69, 9.17) is 13.8 Å². The summed E-state index contributed by atoms with van der Waals surface area (Å²) < 4.78 is 65.9. The lowest BCUT2D eigenvalue weighted by Crippen LogP contribution is -2.23. The molecule has 0 bridgehead atoms. The van der Waals surface area contributed by atoms with Crippen LogP contribution in [-0.2, 0) is 18.3 Å². The van der Waals surface area contributed by atoms with Crippen LogP contribution in [0.1, 0.15) is 26.7 Å². The molecule has 0 radical (unpaired) electrons. The van der Waals surface area contributed by atoms with E-state index in [0.717, 1.165) is 0 Å². The van der Waals surface area contributed by atoms with E-state index in [1.165, 1.54) is 0 Å². The fourth-order valence-electron chi connectivity index (χ4n) is 1.80. The molecule has 1 saturated heterocycles. The highest BCUT2D eigenvalue weighted by Crippen LogP contribution is 2.53. The maximum atomic E-state index is 13.0. The van der Waals surface area contributed by atoms with Crippen molar-refractivity contribution in [2.24, 2.45) is 0 Å². The molecule has 0 spiro atoms. The van der Waals surface area contributed by atoms with Crippen molar-refractivity contribution in [1.29, 1.82) is 0 Å². The first-order valence-electron chi connectivity index (χ1n) is 6.12. The Morgan fingerprint density at radius 1 is 1.37 bits per heavy atom. The van der Waals surface area contributed by atoms with Crippen LogP contribution in [0.3, 0.4) is 0 Å². The molecule has 1 aliphatic heterocycles. The Hall–Kier alpha value is -0.360. The SMILES string of the molecule is CCOP(=O)(/C=C(\C1CCCO1)C(F)(F)F)OCC. The van der Waals surface area contributed by atoms with Crippen molar-refractivity contribution in [3.63, 3.8) is 0 Å². The van der Waals surface area contributed by atoms with Gasteiger partial charge in [0.25, 0.3) is 0 Å². The summed E-state index contributed by atoms with van der Waals surface area (Å²) >= 11 is 0. The third kappa shape index (κ3) is 4.91. The van der Waals surface area contributed by atoms with Crippen LogP contribution < -0.4 is 0 Å². The molecule has 19 heavy (non-hydrogen) atoms. The Labute approximate surface area is 110 Å². The molecule has 0 amide bonds. The zero-order valence-corrected chi connectivity index (χ0v) is 11.8. The maximum Gasteiger partial charge on any atom is 0.415 e. The van der Waals surface area contributed by atoms with Gasteiger partial charge in [0.2, 0.25) is 0 Å². The van der Waals surface area contributed by atoms with E-state index in [1.807, 2.05) is 0 Å². The fourth-order valence-corrected chi connectivity index (χ4v) is 3.40.